The van der Waals surface area contributed by atoms with E-state index < -0.39 is 0 Å². The molecule has 152 valence electrons. The molecule has 1 aliphatic rings. The maximum atomic E-state index is 5.94. The van der Waals surface area contributed by atoms with E-state index in [1.165, 1.54) is 0 Å². The summed E-state index contributed by atoms with van der Waals surface area (Å²) in [7, 11) is 0. The van der Waals surface area contributed by atoms with Gasteiger partial charge in [0.05, 0.1) is 12.2 Å². The van der Waals surface area contributed by atoms with E-state index in [1.54, 1.807) is 4.68 Å². The maximum Gasteiger partial charge on any atom is 0.250 e. The monoisotopic (exact) mass is 422 g/mol. The van der Waals surface area contributed by atoms with E-state index >= 15 is 0 Å². The van der Waals surface area contributed by atoms with E-state index in [0.717, 1.165) is 43.4 Å². The van der Waals surface area contributed by atoms with Crippen molar-refractivity contribution in [2.45, 2.75) is 6.54 Å². The van der Waals surface area contributed by atoms with Gasteiger partial charge >= 0.3 is 0 Å². The second-order valence-corrected chi connectivity index (χ2v) is 7.43. The van der Waals surface area contributed by atoms with E-state index in [1.807, 2.05) is 54.6 Å². The molecule has 9 nitrogen and oxygen atoms in total. The SMILES string of the molecule is Clc1ccc(-c2nnc(CN3CCN(c4nnnn4-c4ccccc4)CC3)o2)cc1. The number of para-hydroxylation sites is 1. The second-order valence-electron chi connectivity index (χ2n) is 7.00. The zero-order valence-electron chi connectivity index (χ0n) is 16.1. The van der Waals surface area contributed by atoms with Crippen LogP contribution in [0.4, 0.5) is 5.95 Å². The molecule has 2 aromatic heterocycles. The summed E-state index contributed by atoms with van der Waals surface area (Å²) < 4.78 is 7.60. The van der Waals surface area contributed by atoms with Crippen LogP contribution in [0, 0.1) is 0 Å². The van der Waals surface area contributed by atoms with Crippen molar-refractivity contribution in [3.63, 3.8) is 0 Å². The first-order valence-corrected chi connectivity index (χ1v) is 10.0. The number of aromatic nitrogens is 6. The molecule has 0 amide bonds. The number of halogens is 1. The number of benzene rings is 2. The van der Waals surface area contributed by atoms with Gasteiger partial charge in [-0.15, -0.1) is 10.2 Å². The highest BCUT2D eigenvalue weighted by Gasteiger charge is 2.23. The smallest absolute Gasteiger partial charge is 0.250 e. The average molecular weight is 423 g/mol. The molecule has 1 saturated heterocycles. The summed E-state index contributed by atoms with van der Waals surface area (Å²) in [6, 6.07) is 17.3. The van der Waals surface area contributed by atoms with E-state index in [9.17, 15) is 0 Å². The second kappa shape index (κ2) is 8.21. The third-order valence-corrected chi connectivity index (χ3v) is 5.28. The molecule has 3 heterocycles. The van der Waals surface area contributed by atoms with Gasteiger partial charge in [0.15, 0.2) is 0 Å². The van der Waals surface area contributed by atoms with Crippen molar-refractivity contribution in [2.75, 3.05) is 31.1 Å². The third-order valence-electron chi connectivity index (χ3n) is 5.03. The van der Waals surface area contributed by atoms with Crippen molar-refractivity contribution < 1.29 is 4.42 Å². The zero-order valence-corrected chi connectivity index (χ0v) is 16.9. The number of piperazine rings is 1. The number of nitrogens with zero attached hydrogens (tertiary/aromatic N) is 8. The van der Waals surface area contributed by atoms with E-state index in [0.29, 0.717) is 23.3 Å². The molecule has 1 fully saturated rings. The fourth-order valence-corrected chi connectivity index (χ4v) is 3.57. The molecule has 0 saturated carbocycles. The molecule has 0 radical (unpaired) electrons. The fraction of sp³-hybridized carbons (Fsp3) is 0.250. The predicted molar refractivity (Wildman–Crippen MR) is 111 cm³/mol. The summed E-state index contributed by atoms with van der Waals surface area (Å²) >= 11 is 5.94. The van der Waals surface area contributed by atoms with Gasteiger partial charge in [0.1, 0.15) is 0 Å². The Labute approximate surface area is 177 Å². The molecule has 30 heavy (non-hydrogen) atoms. The van der Waals surface area contributed by atoms with Crippen LogP contribution < -0.4 is 4.90 Å². The number of anilines is 1. The summed E-state index contributed by atoms with van der Waals surface area (Å²) in [5.41, 5.74) is 1.80. The van der Waals surface area contributed by atoms with Gasteiger partial charge in [-0.05, 0) is 46.8 Å². The van der Waals surface area contributed by atoms with Crippen LogP contribution in [-0.4, -0.2) is 61.5 Å². The molecule has 2 aromatic carbocycles. The van der Waals surface area contributed by atoms with Crippen molar-refractivity contribution in [1.29, 1.82) is 0 Å². The van der Waals surface area contributed by atoms with Gasteiger partial charge in [-0.25, -0.2) is 0 Å². The van der Waals surface area contributed by atoms with Crippen molar-refractivity contribution in [2.24, 2.45) is 0 Å². The Hall–Kier alpha value is -3.30. The first-order valence-electron chi connectivity index (χ1n) is 9.66. The summed E-state index contributed by atoms with van der Waals surface area (Å²) in [5, 5.41) is 21.3. The topological polar surface area (TPSA) is 89.0 Å². The Kier molecular flexibility index (Phi) is 5.12. The minimum absolute atomic E-state index is 0.502. The maximum absolute atomic E-state index is 5.94. The van der Waals surface area contributed by atoms with Crippen LogP contribution in [0.1, 0.15) is 5.89 Å². The van der Waals surface area contributed by atoms with Crippen molar-refractivity contribution >= 4 is 17.5 Å². The van der Waals surface area contributed by atoms with Crippen LogP contribution in [0.3, 0.4) is 0 Å². The molecule has 1 aliphatic heterocycles. The Morgan fingerprint density at radius 2 is 1.63 bits per heavy atom. The number of rotatable bonds is 5. The Balaban J connectivity index is 1.21. The molecule has 4 aromatic rings. The van der Waals surface area contributed by atoms with Gasteiger partial charge in [-0.2, -0.15) is 4.68 Å². The van der Waals surface area contributed by atoms with E-state index in [-0.39, 0.29) is 0 Å². The van der Waals surface area contributed by atoms with E-state index in [4.69, 9.17) is 16.0 Å². The van der Waals surface area contributed by atoms with Crippen LogP contribution >= 0.6 is 11.6 Å². The Morgan fingerprint density at radius 3 is 2.40 bits per heavy atom. The lowest BCUT2D eigenvalue weighted by Crippen LogP contribution is -2.46. The fourth-order valence-electron chi connectivity index (χ4n) is 3.44. The minimum Gasteiger partial charge on any atom is -0.419 e. The zero-order chi connectivity index (χ0) is 20.3. The first-order chi connectivity index (χ1) is 14.8. The van der Waals surface area contributed by atoms with Gasteiger partial charge in [-0.1, -0.05) is 34.9 Å². The predicted octanol–water partition coefficient (Wildman–Crippen LogP) is 2.69. The summed E-state index contributed by atoms with van der Waals surface area (Å²) in [5.74, 6) is 1.86. The molecular formula is C20H19ClN8O. The lowest BCUT2D eigenvalue weighted by atomic mass is 10.2. The normalized spacial score (nSPS) is 14.9. The lowest BCUT2D eigenvalue weighted by Gasteiger charge is -2.33. The van der Waals surface area contributed by atoms with Gasteiger partial charge in [0.25, 0.3) is 0 Å². The van der Waals surface area contributed by atoms with Crippen LogP contribution in [0.5, 0.6) is 0 Å². The molecule has 0 N–H and O–H groups in total. The summed E-state index contributed by atoms with van der Waals surface area (Å²) in [4.78, 5) is 4.47. The third kappa shape index (κ3) is 3.89. The molecule has 0 bridgehead atoms. The largest absolute Gasteiger partial charge is 0.419 e. The van der Waals surface area contributed by atoms with Crippen LogP contribution in [0.25, 0.3) is 17.1 Å². The standard InChI is InChI=1S/C20H19ClN8O/c21-16-8-6-15(7-9-16)19-23-22-18(30-19)14-27-10-12-28(13-11-27)20-24-25-26-29(20)17-4-2-1-3-5-17/h1-9H,10-14H2. The number of hydrogen-bond acceptors (Lipinski definition) is 8. The average Bonchev–Trinajstić information content (AvgIpc) is 3.46. The number of hydrogen-bond donors (Lipinski definition) is 0. The number of tetrazole rings is 1. The summed E-state index contributed by atoms with van der Waals surface area (Å²) in [6.45, 7) is 3.93. The van der Waals surface area contributed by atoms with E-state index in [2.05, 4.69) is 35.5 Å². The molecule has 5 rings (SSSR count). The first kappa shape index (κ1) is 18.7. The van der Waals surface area contributed by atoms with Crippen molar-refractivity contribution in [1.82, 2.24) is 35.3 Å². The molecule has 0 aliphatic carbocycles. The van der Waals surface area contributed by atoms with Crippen molar-refractivity contribution in [3.8, 4) is 17.1 Å². The highest BCUT2D eigenvalue weighted by atomic mass is 35.5. The minimum atomic E-state index is 0.502. The highest BCUT2D eigenvalue weighted by molar-refractivity contribution is 6.30. The van der Waals surface area contributed by atoms with Crippen LogP contribution in [0.2, 0.25) is 5.02 Å². The van der Waals surface area contributed by atoms with Crippen LogP contribution in [0.15, 0.2) is 59.0 Å². The van der Waals surface area contributed by atoms with Gasteiger partial charge in [0.2, 0.25) is 17.7 Å². The highest BCUT2D eigenvalue weighted by Crippen LogP contribution is 2.21. The lowest BCUT2D eigenvalue weighted by molar-refractivity contribution is 0.226. The molecular weight excluding hydrogens is 404 g/mol. The van der Waals surface area contributed by atoms with Crippen molar-refractivity contribution in [3.05, 3.63) is 65.5 Å². The molecule has 0 atom stereocenters. The quantitative estimate of drug-likeness (QED) is 0.485. The summed E-state index contributed by atoms with van der Waals surface area (Å²) in [6.07, 6.45) is 0. The van der Waals surface area contributed by atoms with Gasteiger partial charge in [0, 0.05) is 36.8 Å². The van der Waals surface area contributed by atoms with Gasteiger partial charge < -0.3 is 9.32 Å². The van der Waals surface area contributed by atoms with Crippen LogP contribution in [-0.2, 0) is 6.54 Å². The molecule has 0 spiro atoms. The molecule has 0 unspecified atom stereocenters. The Bertz CT molecular complexity index is 1100. The Morgan fingerprint density at radius 1 is 0.867 bits per heavy atom. The van der Waals surface area contributed by atoms with Gasteiger partial charge in [-0.3, -0.25) is 4.90 Å². The molecule has 10 heteroatoms.